The van der Waals surface area contributed by atoms with Crippen LogP contribution >= 0.6 is 0 Å². The largest absolute Gasteiger partial charge is 0.393 e. The van der Waals surface area contributed by atoms with Crippen molar-refractivity contribution in [2.45, 2.75) is 29.9 Å². The Balaban J connectivity index is 2.29. The Kier molecular flexibility index (Phi) is 3.52. The zero-order valence-corrected chi connectivity index (χ0v) is 10.4. The SMILES string of the molecule is O=[N+]([O-])c1ccc(F)c(S(=O)(=O)NC2CC(O)C2)c1. The van der Waals surface area contributed by atoms with E-state index < -0.39 is 43.5 Å². The van der Waals surface area contributed by atoms with E-state index in [1.54, 1.807) is 0 Å². The number of hydrogen-bond acceptors (Lipinski definition) is 5. The second-order valence-electron chi connectivity index (χ2n) is 4.32. The molecule has 1 aromatic rings. The molecule has 0 spiro atoms. The summed E-state index contributed by atoms with van der Waals surface area (Å²) in [5, 5.41) is 19.6. The number of nitro benzene ring substituents is 1. The summed E-state index contributed by atoms with van der Waals surface area (Å²) in [6.07, 6.45) is -0.0754. The summed E-state index contributed by atoms with van der Waals surface area (Å²) in [5.74, 6) is -1.06. The third-order valence-electron chi connectivity index (χ3n) is 2.85. The molecular formula is C10H11FN2O5S. The maximum atomic E-state index is 13.5. The standard InChI is InChI=1S/C10H11FN2O5S/c11-9-2-1-7(13(15)16)5-10(9)19(17,18)12-6-3-8(14)4-6/h1-2,5-6,8,12,14H,3-4H2. The molecule has 2 rings (SSSR count). The zero-order chi connectivity index (χ0) is 14.2. The van der Waals surface area contributed by atoms with Crippen LogP contribution in [0.3, 0.4) is 0 Å². The van der Waals surface area contributed by atoms with Gasteiger partial charge < -0.3 is 5.11 Å². The van der Waals surface area contributed by atoms with Crippen molar-refractivity contribution in [3.63, 3.8) is 0 Å². The second kappa shape index (κ2) is 4.83. The fourth-order valence-electron chi connectivity index (χ4n) is 1.78. The molecule has 19 heavy (non-hydrogen) atoms. The van der Waals surface area contributed by atoms with Gasteiger partial charge in [0.05, 0.1) is 11.0 Å². The van der Waals surface area contributed by atoms with E-state index in [1.807, 2.05) is 0 Å². The Labute approximate surface area is 108 Å². The summed E-state index contributed by atoms with van der Waals surface area (Å²) in [4.78, 5) is 9.00. The van der Waals surface area contributed by atoms with E-state index >= 15 is 0 Å². The molecule has 0 amide bonds. The highest BCUT2D eigenvalue weighted by atomic mass is 32.2. The molecule has 1 saturated carbocycles. The number of benzene rings is 1. The minimum absolute atomic E-state index is 0.246. The number of nitrogens with one attached hydrogen (secondary N) is 1. The molecule has 9 heteroatoms. The van der Waals surface area contributed by atoms with E-state index in [0.717, 1.165) is 12.1 Å². The minimum Gasteiger partial charge on any atom is -0.393 e. The van der Waals surface area contributed by atoms with Crippen LogP contribution in [0, 0.1) is 15.9 Å². The molecular weight excluding hydrogens is 279 g/mol. The lowest BCUT2D eigenvalue weighted by molar-refractivity contribution is -0.385. The predicted molar refractivity (Wildman–Crippen MR) is 62.4 cm³/mol. The molecule has 0 bridgehead atoms. The van der Waals surface area contributed by atoms with Gasteiger partial charge in [0.25, 0.3) is 5.69 Å². The Hall–Kier alpha value is -1.58. The van der Waals surface area contributed by atoms with Crippen molar-refractivity contribution >= 4 is 15.7 Å². The third kappa shape index (κ3) is 2.88. The molecule has 7 nitrogen and oxygen atoms in total. The predicted octanol–water partition coefficient (Wildman–Crippen LogP) is 0.536. The molecule has 0 atom stereocenters. The van der Waals surface area contributed by atoms with Gasteiger partial charge in [-0.05, 0) is 18.9 Å². The van der Waals surface area contributed by atoms with Crippen molar-refractivity contribution < 1.29 is 22.8 Å². The van der Waals surface area contributed by atoms with E-state index in [9.17, 15) is 22.9 Å². The average Bonchev–Trinajstić information content (AvgIpc) is 2.26. The first kappa shape index (κ1) is 13.8. The van der Waals surface area contributed by atoms with Crippen LogP contribution in [0.25, 0.3) is 0 Å². The Bertz CT molecular complexity index is 612. The van der Waals surface area contributed by atoms with Crippen LogP contribution in [0.4, 0.5) is 10.1 Å². The number of aliphatic hydroxyl groups is 1. The van der Waals surface area contributed by atoms with E-state index in [1.165, 1.54) is 0 Å². The lowest BCUT2D eigenvalue weighted by Crippen LogP contribution is -2.46. The van der Waals surface area contributed by atoms with Gasteiger partial charge in [-0.2, -0.15) is 0 Å². The fourth-order valence-corrected chi connectivity index (χ4v) is 3.14. The molecule has 104 valence electrons. The van der Waals surface area contributed by atoms with Crippen molar-refractivity contribution in [3.8, 4) is 0 Å². The van der Waals surface area contributed by atoms with Gasteiger partial charge in [-0.25, -0.2) is 17.5 Å². The van der Waals surface area contributed by atoms with Crippen molar-refractivity contribution in [1.82, 2.24) is 4.72 Å². The number of hydrogen-bond donors (Lipinski definition) is 2. The first-order chi connectivity index (χ1) is 8.79. The lowest BCUT2D eigenvalue weighted by Gasteiger charge is -2.31. The Morgan fingerprint density at radius 1 is 1.42 bits per heavy atom. The molecule has 0 heterocycles. The molecule has 1 fully saturated rings. The Morgan fingerprint density at radius 3 is 2.58 bits per heavy atom. The fraction of sp³-hybridized carbons (Fsp3) is 0.400. The monoisotopic (exact) mass is 290 g/mol. The summed E-state index contributed by atoms with van der Waals surface area (Å²) in [7, 11) is -4.17. The van der Waals surface area contributed by atoms with Crippen LogP contribution in [0.15, 0.2) is 23.1 Å². The molecule has 0 saturated heterocycles. The van der Waals surface area contributed by atoms with Gasteiger partial charge in [-0.3, -0.25) is 10.1 Å². The van der Waals surface area contributed by atoms with Crippen molar-refractivity contribution in [2.75, 3.05) is 0 Å². The molecule has 0 aliphatic heterocycles. The van der Waals surface area contributed by atoms with Crippen molar-refractivity contribution in [2.24, 2.45) is 0 Å². The highest BCUT2D eigenvalue weighted by molar-refractivity contribution is 7.89. The number of aliphatic hydroxyl groups excluding tert-OH is 1. The summed E-state index contributed by atoms with van der Waals surface area (Å²) >= 11 is 0. The van der Waals surface area contributed by atoms with Crippen LogP contribution in [0.5, 0.6) is 0 Å². The highest BCUT2D eigenvalue weighted by Gasteiger charge is 2.33. The molecule has 0 radical (unpaired) electrons. The number of nitro groups is 1. The number of nitrogens with zero attached hydrogens (tertiary/aromatic N) is 1. The quantitative estimate of drug-likeness (QED) is 0.621. The van der Waals surface area contributed by atoms with Crippen LogP contribution in [0.1, 0.15) is 12.8 Å². The Morgan fingerprint density at radius 2 is 2.05 bits per heavy atom. The van der Waals surface area contributed by atoms with Gasteiger partial charge in [0.15, 0.2) is 0 Å². The first-order valence-electron chi connectivity index (χ1n) is 5.44. The normalized spacial score (nSPS) is 22.8. The zero-order valence-electron chi connectivity index (χ0n) is 9.61. The van der Waals surface area contributed by atoms with Crippen LogP contribution in [-0.4, -0.2) is 30.6 Å². The van der Waals surface area contributed by atoms with Crippen molar-refractivity contribution in [1.29, 1.82) is 0 Å². The minimum atomic E-state index is -4.17. The maximum absolute atomic E-state index is 13.5. The number of halogens is 1. The molecule has 0 unspecified atom stereocenters. The summed E-state index contributed by atoms with van der Waals surface area (Å²) in [6, 6.07) is 1.83. The molecule has 0 aromatic heterocycles. The topological polar surface area (TPSA) is 110 Å². The number of rotatable bonds is 4. The van der Waals surface area contributed by atoms with Crippen molar-refractivity contribution in [3.05, 3.63) is 34.1 Å². The summed E-state index contributed by atoms with van der Waals surface area (Å²) in [5.41, 5.74) is -0.504. The van der Waals surface area contributed by atoms with Gasteiger partial charge in [-0.1, -0.05) is 0 Å². The number of non-ortho nitro benzene ring substituents is 1. The van der Waals surface area contributed by atoms with E-state index in [2.05, 4.69) is 4.72 Å². The molecule has 1 aliphatic carbocycles. The summed E-state index contributed by atoms with van der Waals surface area (Å²) < 4.78 is 39.4. The van der Waals surface area contributed by atoms with Crippen LogP contribution in [0.2, 0.25) is 0 Å². The van der Waals surface area contributed by atoms with E-state index in [-0.39, 0.29) is 12.8 Å². The van der Waals surface area contributed by atoms with Gasteiger partial charge >= 0.3 is 0 Å². The van der Waals surface area contributed by atoms with Gasteiger partial charge in [0.1, 0.15) is 10.7 Å². The number of sulfonamides is 1. The summed E-state index contributed by atoms with van der Waals surface area (Å²) in [6.45, 7) is 0. The average molecular weight is 290 g/mol. The van der Waals surface area contributed by atoms with Crippen LogP contribution in [-0.2, 0) is 10.0 Å². The first-order valence-corrected chi connectivity index (χ1v) is 6.92. The smallest absolute Gasteiger partial charge is 0.270 e. The molecule has 1 aliphatic rings. The van der Waals surface area contributed by atoms with Gasteiger partial charge in [-0.15, -0.1) is 0 Å². The maximum Gasteiger partial charge on any atom is 0.270 e. The molecule has 2 N–H and O–H groups in total. The van der Waals surface area contributed by atoms with Gasteiger partial charge in [0, 0.05) is 18.2 Å². The molecule has 1 aromatic carbocycles. The highest BCUT2D eigenvalue weighted by Crippen LogP contribution is 2.25. The second-order valence-corrected chi connectivity index (χ2v) is 6.00. The van der Waals surface area contributed by atoms with Gasteiger partial charge in [0.2, 0.25) is 10.0 Å². The van der Waals surface area contributed by atoms with Crippen LogP contribution < -0.4 is 4.72 Å². The van der Waals surface area contributed by atoms with E-state index in [0.29, 0.717) is 6.07 Å². The third-order valence-corrected chi connectivity index (χ3v) is 4.39. The van der Waals surface area contributed by atoms with E-state index in [4.69, 9.17) is 5.11 Å². The lowest BCUT2D eigenvalue weighted by atomic mass is 9.91.